The molecule has 7 nitrogen and oxygen atoms in total. The van der Waals surface area contributed by atoms with Crippen LogP contribution >= 0.6 is 0 Å². The second kappa shape index (κ2) is 11.2. The Morgan fingerprint density at radius 2 is 1.72 bits per heavy atom. The van der Waals surface area contributed by atoms with Crippen molar-refractivity contribution in [1.82, 2.24) is 14.9 Å². The standard InChI is InChI=1S/C28H25FN4O3/c1-19-7-3-5-9-23(19)26(27(34)32-22-13-11-21(29)12-14-22)33(28(35)24-17-30-15-16-31-24)18-20-8-4-6-10-25(20)36-2/h3-17,26H,18H2,1-2H3,(H,32,34)/t26-/m0/s1. The smallest absolute Gasteiger partial charge is 0.275 e. The van der Waals surface area contributed by atoms with Gasteiger partial charge in [0.15, 0.2) is 0 Å². The molecular weight excluding hydrogens is 459 g/mol. The van der Waals surface area contributed by atoms with Crippen LogP contribution in [-0.4, -0.2) is 33.8 Å². The number of nitrogens with one attached hydrogen (secondary N) is 1. The van der Waals surface area contributed by atoms with Crippen LogP contribution in [0.25, 0.3) is 0 Å². The summed E-state index contributed by atoms with van der Waals surface area (Å²) in [5, 5.41) is 2.83. The minimum atomic E-state index is -1.03. The normalized spacial score (nSPS) is 11.4. The van der Waals surface area contributed by atoms with Gasteiger partial charge in [0.25, 0.3) is 11.8 Å². The lowest BCUT2D eigenvalue weighted by molar-refractivity contribution is -0.121. The third-order valence-corrected chi connectivity index (χ3v) is 5.73. The van der Waals surface area contributed by atoms with Gasteiger partial charge >= 0.3 is 0 Å². The van der Waals surface area contributed by atoms with Crippen LogP contribution in [0.15, 0.2) is 91.4 Å². The summed E-state index contributed by atoms with van der Waals surface area (Å²) in [6.07, 6.45) is 4.27. The maximum absolute atomic E-state index is 13.8. The van der Waals surface area contributed by atoms with E-state index in [1.165, 1.54) is 47.8 Å². The number of anilines is 1. The highest BCUT2D eigenvalue weighted by molar-refractivity contribution is 6.01. The van der Waals surface area contributed by atoms with E-state index in [-0.39, 0.29) is 12.2 Å². The minimum Gasteiger partial charge on any atom is -0.496 e. The molecule has 0 aliphatic carbocycles. The van der Waals surface area contributed by atoms with Gasteiger partial charge in [0.1, 0.15) is 23.3 Å². The van der Waals surface area contributed by atoms with E-state index in [4.69, 9.17) is 4.74 Å². The number of amides is 2. The molecule has 1 atom stereocenters. The van der Waals surface area contributed by atoms with Gasteiger partial charge in [-0.05, 0) is 48.4 Å². The molecule has 0 aliphatic rings. The molecule has 4 aromatic rings. The molecule has 8 heteroatoms. The van der Waals surface area contributed by atoms with Crippen molar-refractivity contribution in [3.05, 3.63) is 120 Å². The van der Waals surface area contributed by atoms with Crippen molar-refractivity contribution >= 4 is 17.5 Å². The highest BCUT2D eigenvalue weighted by Crippen LogP contribution is 2.31. The van der Waals surface area contributed by atoms with Crippen molar-refractivity contribution in [3.8, 4) is 5.75 Å². The number of hydrogen-bond acceptors (Lipinski definition) is 5. The van der Waals surface area contributed by atoms with Crippen LogP contribution in [0.3, 0.4) is 0 Å². The van der Waals surface area contributed by atoms with Crippen molar-refractivity contribution in [2.45, 2.75) is 19.5 Å². The fraction of sp³-hybridized carbons (Fsp3) is 0.143. The van der Waals surface area contributed by atoms with Crippen molar-refractivity contribution in [2.24, 2.45) is 0 Å². The number of aryl methyl sites for hydroxylation is 1. The number of benzene rings is 3. The quantitative estimate of drug-likeness (QED) is 0.382. The molecule has 0 saturated heterocycles. The first kappa shape index (κ1) is 24.5. The molecule has 0 spiro atoms. The van der Waals surface area contributed by atoms with Crippen LogP contribution in [0.5, 0.6) is 5.75 Å². The topological polar surface area (TPSA) is 84.4 Å². The van der Waals surface area contributed by atoms with Gasteiger partial charge in [0.05, 0.1) is 19.9 Å². The molecule has 1 aromatic heterocycles. The molecule has 4 rings (SSSR count). The molecule has 0 fully saturated rings. The second-order valence-corrected chi connectivity index (χ2v) is 8.09. The Morgan fingerprint density at radius 3 is 2.42 bits per heavy atom. The third kappa shape index (κ3) is 5.55. The predicted molar refractivity (Wildman–Crippen MR) is 134 cm³/mol. The van der Waals surface area contributed by atoms with E-state index in [1.807, 2.05) is 49.4 Å². The van der Waals surface area contributed by atoms with Crippen LogP contribution in [0, 0.1) is 12.7 Å². The lowest BCUT2D eigenvalue weighted by Gasteiger charge is -2.32. The van der Waals surface area contributed by atoms with Gasteiger partial charge in [0.2, 0.25) is 0 Å². The molecule has 2 amide bonds. The van der Waals surface area contributed by atoms with E-state index < -0.39 is 23.7 Å². The highest BCUT2D eigenvalue weighted by Gasteiger charge is 2.34. The molecule has 0 aliphatic heterocycles. The number of nitrogens with zero attached hydrogens (tertiary/aromatic N) is 3. The van der Waals surface area contributed by atoms with Crippen molar-refractivity contribution in [3.63, 3.8) is 0 Å². The first-order valence-electron chi connectivity index (χ1n) is 11.3. The van der Waals surface area contributed by atoms with Crippen LogP contribution in [0.2, 0.25) is 0 Å². The zero-order chi connectivity index (χ0) is 25.5. The SMILES string of the molecule is COc1ccccc1CN(C(=O)c1cnccn1)[C@H](C(=O)Nc1ccc(F)cc1)c1ccccc1C. The Kier molecular flexibility index (Phi) is 7.65. The molecule has 1 heterocycles. The lowest BCUT2D eigenvalue weighted by atomic mass is 9.97. The number of aromatic nitrogens is 2. The summed E-state index contributed by atoms with van der Waals surface area (Å²) < 4.78 is 19.0. The largest absolute Gasteiger partial charge is 0.496 e. The van der Waals surface area contributed by atoms with Crippen LogP contribution in [0.1, 0.15) is 33.2 Å². The number of para-hydroxylation sites is 1. The van der Waals surface area contributed by atoms with Gasteiger partial charge in [-0.25, -0.2) is 9.37 Å². The van der Waals surface area contributed by atoms with Crippen LogP contribution in [0.4, 0.5) is 10.1 Å². The molecule has 36 heavy (non-hydrogen) atoms. The Hall–Kier alpha value is -4.59. The zero-order valence-electron chi connectivity index (χ0n) is 19.9. The fourth-order valence-electron chi connectivity index (χ4n) is 3.94. The molecule has 3 aromatic carbocycles. The Morgan fingerprint density at radius 1 is 1.00 bits per heavy atom. The monoisotopic (exact) mass is 484 g/mol. The molecule has 0 unspecified atom stereocenters. The van der Waals surface area contributed by atoms with Crippen molar-refractivity contribution in [2.75, 3.05) is 12.4 Å². The number of carbonyl (C=O) groups excluding carboxylic acids is 2. The molecular formula is C28H25FN4O3. The zero-order valence-corrected chi connectivity index (χ0v) is 19.9. The van der Waals surface area contributed by atoms with E-state index in [2.05, 4.69) is 15.3 Å². The highest BCUT2D eigenvalue weighted by atomic mass is 19.1. The maximum Gasteiger partial charge on any atom is 0.275 e. The van der Waals surface area contributed by atoms with Crippen LogP contribution in [-0.2, 0) is 11.3 Å². The minimum absolute atomic E-state index is 0.0647. The summed E-state index contributed by atoms with van der Waals surface area (Å²) in [5.41, 5.74) is 2.69. The number of rotatable bonds is 8. The Bertz CT molecular complexity index is 1350. The summed E-state index contributed by atoms with van der Waals surface area (Å²) in [6, 6.07) is 19.1. The summed E-state index contributed by atoms with van der Waals surface area (Å²) in [7, 11) is 1.55. The molecule has 0 radical (unpaired) electrons. The second-order valence-electron chi connectivity index (χ2n) is 8.09. The summed E-state index contributed by atoms with van der Waals surface area (Å²) >= 11 is 0. The molecule has 0 saturated carbocycles. The predicted octanol–water partition coefficient (Wildman–Crippen LogP) is 4.96. The molecule has 182 valence electrons. The van der Waals surface area contributed by atoms with Crippen molar-refractivity contribution < 1.29 is 18.7 Å². The van der Waals surface area contributed by atoms with Gasteiger partial charge in [-0.1, -0.05) is 42.5 Å². The van der Waals surface area contributed by atoms with E-state index in [0.717, 1.165) is 5.56 Å². The van der Waals surface area contributed by atoms with E-state index in [1.54, 1.807) is 13.2 Å². The number of carbonyl (C=O) groups is 2. The van der Waals surface area contributed by atoms with E-state index >= 15 is 0 Å². The molecule has 1 N–H and O–H groups in total. The average Bonchev–Trinajstić information content (AvgIpc) is 2.91. The third-order valence-electron chi connectivity index (χ3n) is 5.73. The van der Waals surface area contributed by atoms with Gasteiger partial charge in [0, 0.05) is 23.6 Å². The average molecular weight is 485 g/mol. The number of ether oxygens (including phenoxy) is 1. The Labute approximate surface area is 208 Å². The van der Waals surface area contributed by atoms with Gasteiger partial charge in [-0.15, -0.1) is 0 Å². The van der Waals surface area contributed by atoms with Crippen molar-refractivity contribution in [1.29, 1.82) is 0 Å². The van der Waals surface area contributed by atoms with E-state index in [0.29, 0.717) is 22.6 Å². The van der Waals surface area contributed by atoms with Crippen LogP contribution < -0.4 is 10.1 Å². The number of halogens is 1. The van der Waals surface area contributed by atoms with E-state index in [9.17, 15) is 14.0 Å². The number of hydrogen-bond donors (Lipinski definition) is 1. The summed E-state index contributed by atoms with van der Waals surface area (Å²) in [5.74, 6) is -0.768. The maximum atomic E-state index is 13.8. The Balaban J connectivity index is 1.82. The van der Waals surface area contributed by atoms with Gasteiger partial charge in [-0.2, -0.15) is 0 Å². The first-order chi connectivity index (χ1) is 17.5. The number of methoxy groups -OCH3 is 1. The van der Waals surface area contributed by atoms with Gasteiger partial charge in [-0.3, -0.25) is 14.6 Å². The summed E-state index contributed by atoms with van der Waals surface area (Å²) in [6.45, 7) is 1.94. The summed E-state index contributed by atoms with van der Waals surface area (Å²) in [4.78, 5) is 37.3. The first-order valence-corrected chi connectivity index (χ1v) is 11.3. The lowest BCUT2D eigenvalue weighted by Crippen LogP contribution is -2.41. The van der Waals surface area contributed by atoms with Gasteiger partial charge < -0.3 is 15.0 Å². The fourth-order valence-corrected chi connectivity index (χ4v) is 3.94. The molecule has 0 bridgehead atoms.